The molecule has 2 heteroatoms. The molecule has 2 rings (SSSR count). The highest BCUT2D eigenvalue weighted by Gasteiger charge is 2.33. The third-order valence-electron chi connectivity index (χ3n) is 4.87. The fourth-order valence-corrected chi connectivity index (χ4v) is 3.40. The number of piperazine rings is 1. The van der Waals surface area contributed by atoms with E-state index in [1.165, 1.54) is 31.4 Å². The van der Waals surface area contributed by atoms with Crippen LogP contribution in [-0.2, 0) is 5.54 Å². The SMILES string of the molecule is CC(C)CCCC(C)N1CCNC(C)(c2ccccc2)C1. The van der Waals surface area contributed by atoms with E-state index in [1.807, 2.05) is 0 Å². The Kier molecular flexibility index (Phi) is 5.83. The number of nitrogens with one attached hydrogen (secondary N) is 1. The maximum absolute atomic E-state index is 3.73. The molecule has 0 radical (unpaired) electrons. The quantitative estimate of drug-likeness (QED) is 0.850. The molecule has 21 heavy (non-hydrogen) atoms. The molecule has 1 N–H and O–H groups in total. The van der Waals surface area contributed by atoms with Crippen molar-refractivity contribution in [2.75, 3.05) is 19.6 Å². The van der Waals surface area contributed by atoms with Crippen LogP contribution < -0.4 is 5.32 Å². The van der Waals surface area contributed by atoms with Crippen molar-refractivity contribution in [2.24, 2.45) is 5.92 Å². The predicted octanol–water partition coefficient (Wildman–Crippen LogP) is 4.02. The Morgan fingerprint density at radius 2 is 1.86 bits per heavy atom. The van der Waals surface area contributed by atoms with Gasteiger partial charge in [-0.05, 0) is 31.7 Å². The molecular formula is C19H32N2. The summed E-state index contributed by atoms with van der Waals surface area (Å²) in [6.45, 7) is 12.8. The standard InChI is InChI=1S/C19H32N2/c1-16(2)9-8-10-17(3)21-14-13-20-19(4,15-21)18-11-6-5-7-12-18/h5-7,11-12,16-17,20H,8-10,13-15H2,1-4H3. The van der Waals surface area contributed by atoms with E-state index < -0.39 is 0 Å². The van der Waals surface area contributed by atoms with Crippen molar-refractivity contribution < 1.29 is 0 Å². The van der Waals surface area contributed by atoms with E-state index in [4.69, 9.17) is 0 Å². The molecule has 0 bridgehead atoms. The Labute approximate surface area is 130 Å². The lowest BCUT2D eigenvalue weighted by Gasteiger charge is -2.44. The second-order valence-electron chi connectivity index (χ2n) is 7.27. The van der Waals surface area contributed by atoms with Gasteiger partial charge in [0.2, 0.25) is 0 Å². The molecule has 1 aromatic rings. The maximum Gasteiger partial charge on any atom is 0.0535 e. The van der Waals surface area contributed by atoms with Gasteiger partial charge in [-0.1, -0.05) is 57.0 Å². The molecule has 1 aromatic carbocycles. The van der Waals surface area contributed by atoms with Crippen molar-refractivity contribution in [3.05, 3.63) is 35.9 Å². The van der Waals surface area contributed by atoms with Crippen LogP contribution in [0.5, 0.6) is 0 Å². The van der Waals surface area contributed by atoms with Gasteiger partial charge in [-0.25, -0.2) is 0 Å². The summed E-state index contributed by atoms with van der Waals surface area (Å²) in [5, 5.41) is 3.73. The lowest BCUT2D eigenvalue weighted by molar-refractivity contribution is 0.100. The highest BCUT2D eigenvalue weighted by atomic mass is 15.2. The summed E-state index contributed by atoms with van der Waals surface area (Å²) >= 11 is 0. The lowest BCUT2D eigenvalue weighted by atomic mass is 9.88. The summed E-state index contributed by atoms with van der Waals surface area (Å²) in [4.78, 5) is 2.67. The van der Waals surface area contributed by atoms with Crippen molar-refractivity contribution in [1.29, 1.82) is 0 Å². The summed E-state index contributed by atoms with van der Waals surface area (Å²) in [5.41, 5.74) is 1.50. The fourth-order valence-electron chi connectivity index (χ4n) is 3.40. The molecule has 1 saturated heterocycles. The van der Waals surface area contributed by atoms with Gasteiger partial charge < -0.3 is 5.32 Å². The van der Waals surface area contributed by atoms with E-state index in [-0.39, 0.29) is 5.54 Å². The van der Waals surface area contributed by atoms with Crippen LogP contribution in [0.15, 0.2) is 30.3 Å². The van der Waals surface area contributed by atoms with Crippen molar-refractivity contribution in [1.82, 2.24) is 10.2 Å². The molecule has 1 heterocycles. The van der Waals surface area contributed by atoms with Crippen molar-refractivity contribution in [3.8, 4) is 0 Å². The van der Waals surface area contributed by atoms with Crippen molar-refractivity contribution >= 4 is 0 Å². The lowest BCUT2D eigenvalue weighted by Crippen LogP contribution is -2.58. The second kappa shape index (κ2) is 7.42. The Morgan fingerprint density at radius 1 is 1.14 bits per heavy atom. The first-order chi connectivity index (χ1) is 10.0. The van der Waals surface area contributed by atoms with Crippen LogP contribution in [0, 0.1) is 5.92 Å². The number of hydrogen-bond donors (Lipinski definition) is 1. The summed E-state index contributed by atoms with van der Waals surface area (Å²) < 4.78 is 0. The molecule has 1 aliphatic heterocycles. The Morgan fingerprint density at radius 3 is 2.52 bits per heavy atom. The van der Waals surface area contributed by atoms with E-state index in [9.17, 15) is 0 Å². The molecule has 0 saturated carbocycles. The van der Waals surface area contributed by atoms with Crippen LogP contribution >= 0.6 is 0 Å². The molecular weight excluding hydrogens is 256 g/mol. The summed E-state index contributed by atoms with van der Waals surface area (Å²) in [6, 6.07) is 11.6. The molecule has 1 aliphatic rings. The fraction of sp³-hybridized carbons (Fsp3) is 0.684. The molecule has 0 aliphatic carbocycles. The predicted molar refractivity (Wildman–Crippen MR) is 91.5 cm³/mol. The van der Waals surface area contributed by atoms with Gasteiger partial charge in [0.1, 0.15) is 0 Å². The molecule has 0 spiro atoms. The number of nitrogens with zero attached hydrogens (tertiary/aromatic N) is 1. The van der Waals surface area contributed by atoms with Crippen LogP contribution in [0.4, 0.5) is 0 Å². The minimum atomic E-state index is 0.0891. The van der Waals surface area contributed by atoms with Gasteiger partial charge in [-0.15, -0.1) is 0 Å². The second-order valence-corrected chi connectivity index (χ2v) is 7.27. The Balaban J connectivity index is 1.94. The summed E-state index contributed by atoms with van der Waals surface area (Å²) in [7, 11) is 0. The first-order valence-electron chi connectivity index (χ1n) is 8.56. The van der Waals surface area contributed by atoms with E-state index in [0.717, 1.165) is 19.0 Å². The van der Waals surface area contributed by atoms with E-state index in [2.05, 4.69) is 68.2 Å². The molecule has 0 aromatic heterocycles. The molecule has 1 fully saturated rings. The summed E-state index contributed by atoms with van der Waals surface area (Å²) in [6.07, 6.45) is 4.03. The van der Waals surface area contributed by atoms with Crippen LogP contribution in [0.3, 0.4) is 0 Å². The van der Waals surface area contributed by atoms with Gasteiger partial charge >= 0.3 is 0 Å². The molecule has 2 unspecified atom stereocenters. The maximum atomic E-state index is 3.73. The van der Waals surface area contributed by atoms with E-state index in [0.29, 0.717) is 6.04 Å². The largest absolute Gasteiger partial charge is 0.305 e. The zero-order chi connectivity index (χ0) is 15.3. The average molecular weight is 288 g/mol. The topological polar surface area (TPSA) is 15.3 Å². The monoisotopic (exact) mass is 288 g/mol. The minimum absolute atomic E-state index is 0.0891. The Bertz CT molecular complexity index is 415. The molecule has 2 nitrogen and oxygen atoms in total. The first-order valence-corrected chi connectivity index (χ1v) is 8.56. The number of rotatable bonds is 6. The number of benzene rings is 1. The van der Waals surface area contributed by atoms with Crippen molar-refractivity contribution in [2.45, 2.75) is 58.5 Å². The number of hydrogen-bond acceptors (Lipinski definition) is 2. The first kappa shape index (κ1) is 16.5. The van der Waals surface area contributed by atoms with E-state index >= 15 is 0 Å². The third-order valence-corrected chi connectivity index (χ3v) is 4.87. The van der Waals surface area contributed by atoms with Gasteiger partial charge in [-0.3, -0.25) is 4.90 Å². The van der Waals surface area contributed by atoms with Gasteiger partial charge in [0, 0.05) is 25.7 Å². The van der Waals surface area contributed by atoms with Crippen LogP contribution in [-0.4, -0.2) is 30.6 Å². The van der Waals surface area contributed by atoms with Crippen molar-refractivity contribution in [3.63, 3.8) is 0 Å². The van der Waals surface area contributed by atoms with Gasteiger partial charge in [0.25, 0.3) is 0 Å². The van der Waals surface area contributed by atoms with Gasteiger partial charge in [0.05, 0.1) is 5.54 Å². The zero-order valence-corrected chi connectivity index (χ0v) is 14.2. The molecule has 118 valence electrons. The highest BCUT2D eigenvalue weighted by molar-refractivity contribution is 5.25. The normalized spacial score (nSPS) is 25.2. The third kappa shape index (κ3) is 4.55. The summed E-state index contributed by atoms with van der Waals surface area (Å²) in [5.74, 6) is 0.829. The van der Waals surface area contributed by atoms with Crippen LogP contribution in [0.1, 0.15) is 52.5 Å². The average Bonchev–Trinajstić information content (AvgIpc) is 2.48. The smallest absolute Gasteiger partial charge is 0.0535 e. The van der Waals surface area contributed by atoms with E-state index in [1.54, 1.807) is 0 Å². The molecule has 0 amide bonds. The Hall–Kier alpha value is -0.860. The van der Waals surface area contributed by atoms with Gasteiger partial charge in [0.15, 0.2) is 0 Å². The van der Waals surface area contributed by atoms with Crippen LogP contribution in [0.25, 0.3) is 0 Å². The molecule has 2 atom stereocenters. The van der Waals surface area contributed by atoms with Gasteiger partial charge in [-0.2, -0.15) is 0 Å². The van der Waals surface area contributed by atoms with Crippen LogP contribution in [0.2, 0.25) is 0 Å². The minimum Gasteiger partial charge on any atom is -0.305 e. The zero-order valence-electron chi connectivity index (χ0n) is 14.2. The highest BCUT2D eigenvalue weighted by Crippen LogP contribution is 2.26.